The first-order valence-corrected chi connectivity index (χ1v) is 7.28. The molecular weight excluding hydrogens is 230 g/mol. The Morgan fingerprint density at radius 3 is 2.59 bits per heavy atom. The Balaban J connectivity index is 2.46. The molecule has 0 saturated carbocycles. The van der Waals surface area contributed by atoms with Gasteiger partial charge in [0.1, 0.15) is 10.8 Å². The molecule has 17 heavy (non-hydrogen) atoms. The first-order valence-electron chi connectivity index (χ1n) is 6.40. The number of aromatic nitrogens is 1. The molecule has 0 spiro atoms. The monoisotopic (exact) mass is 253 g/mol. The summed E-state index contributed by atoms with van der Waals surface area (Å²) >= 11 is 1.61. The van der Waals surface area contributed by atoms with Crippen LogP contribution in [0.4, 0.5) is 0 Å². The van der Waals surface area contributed by atoms with Gasteiger partial charge in [0.25, 0.3) is 0 Å². The standard InChI is InChI=1S/C14H23NOS/c1-5-6-7-8-11(16)9-13-15-12(10-17-13)14(2,3)4/h10H,5-9H2,1-4H3. The van der Waals surface area contributed by atoms with E-state index in [0.29, 0.717) is 18.6 Å². The quantitative estimate of drug-likeness (QED) is 0.713. The highest BCUT2D eigenvalue weighted by Crippen LogP contribution is 2.24. The Morgan fingerprint density at radius 1 is 1.35 bits per heavy atom. The summed E-state index contributed by atoms with van der Waals surface area (Å²) in [6.45, 7) is 8.60. The van der Waals surface area contributed by atoms with Gasteiger partial charge in [-0.3, -0.25) is 4.79 Å². The van der Waals surface area contributed by atoms with Crippen molar-refractivity contribution in [3.63, 3.8) is 0 Å². The van der Waals surface area contributed by atoms with E-state index in [2.05, 4.69) is 38.1 Å². The molecule has 0 atom stereocenters. The molecule has 0 unspecified atom stereocenters. The lowest BCUT2D eigenvalue weighted by Crippen LogP contribution is -2.12. The Bertz CT molecular complexity index is 363. The van der Waals surface area contributed by atoms with E-state index in [9.17, 15) is 4.79 Å². The third-order valence-corrected chi connectivity index (χ3v) is 3.58. The fourth-order valence-corrected chi connectivity index (χ4v) is 2.62. The summed E-state index contributed by atoms with van der Waals surface area (Å²) in [5.41, 5.74) is 1.18. The summed E-state index contributed by atoms with van der Waals surface area (Å²) in [6.07, 6.45) is 4.56. The van der Waals surface area contributed by atoms with E-state index in [-0.39, 0.29) is 5.41 Å². The molecule has 1 aromatic rings. The van der Waals surface area contributed by atoms with E-state index in [1.807, 2.05) is 0 Å². The summed E-state index contributed by atoms with van der Waals surface area (Å²) in [4.78, 5) is 16.3. The van der Waals surface area contributed by atoms with Crippen molar-refractivity contribution in [2.75, 3.05) is 0 Å². The summed E-state index contributed by atoms with van der Waals surface area (Å²) in [6, 6.07) is 0. The molecule has 0 aliphatic heterocycles. The third kappa shape index (κ3) is 4.99. The van der Waals surface area contributed by atoms with E-state index in [1.165, 1.54) is 6.42 Å². The van der Waals surface area contributed by atoms with E-state index in [1.54, 1.807) is 11.3 Å². The molecule has 0 fully saturated rings. The second-order valence-corrected chi connectivity index (χ2v) is 6.49. The molecule has 0 saturated heterocycles. The zero-order valence-corrected chi connectivity index (χ0v) is 12.2. The minimum Gasteiger partial charge on any atom is -0.299 e. The number of hydrogen-bond donors (Lipinski definition) is 0. The highest BCUT2D eigenvalue weighted by Gasteiger charge is 2.18. The molecule has 0 bridgehead atoms. The van der Waals surface area contributed by atoms with Gasteiger partial charge in [-0.15, -0.1) is 11.3 Å². The van der Waals surface area contributed by atoms with Gasteiger partial charge in [-0.05, 0) is 6.42 Å². The van der Waals surface area contributed by atoms with Crippen LogP contribution in [0.15, 0.2) is 5.38 Å². The van der Waals surface area contributed by atoms with Crippen molar-refractivity contribution in [1.82, 2.24) is 4.98 Å². The number of Topliss-reactive ketones (excluding diaryl/α,β-unsaturated/α-hetero) is 1. The van der Waals surface area contributed by atoms with Gasteiger partial charge in [0.05, 0.1) is 12.1 Å². The molecule has 0 amide bonds. The van der Waals surface area contributed by atoms with Gasteiger partial charge in [-0.25, -0.2) is 4.98 Å². The van der Waals surface area contributed by atoms with Gasteiger partial charge < -0.3 is 0 Å². The first kappa shape index (κ1) is 14.4. The van der Waals surface area contributed by atoms with Crippen molar-refractivity contribution in [3.05, 3.63) is 16.1 Å². The van der Waals surface area contributed by atoms with E-state index in [0.717, 1.165) is 23.5 Å². The van der Waals surface area contributed by atoms with Gasteiger partial charge in [0.15, 0.2) is 0 Å². The lowest BCUT2D eigenvalue weighted by Gasteiger charge is -2.14. The summed E-state index contributed by atoms with van der Waals surface area (Å²) in [5, 5.41) is 3.05. The molecule has 3 heteroatoms. The molecule has 1 rings (SSSR count). The number of carbonyl (C=O) groups excluding carboxylic acids is 1. The van der Waals surface area contributed by atoms with E-state index < -0.39 is 0 Å². The number of thiazole rings is 1. The molecule has 0 radical (unpaired) electrons. The minimum absolute atomic E-state index is 0.0833. The fraction of sp³-hybridized carbons (Fsp3) is 0.714. The van der Waals surface area contributed by atoms with Crippen molar-refractivity contribution in [3.8, 4) is 0 Å². The maximum absolute atomic E-state index is 11.7. The highest BCUT2D eigenvalue weighted by molar-refractivity contribution is 7.09. The topological polar surface area (TPSA) is 30.0 Å². The predicted octanol–water partition coefficient (Wildman–Crippen LogP) is 4.13. The van der Waals surface area contributed by atoms with Crippen LogP contribution in [-0.4, -0.2) is 10.8 Å². The maximum Gasteiger partial charge on any atom is 0.139 e. The van der Waals surface area contributed by atoms with Crippen LogP contribution in [0.1, 0.15) is 64.1 Å². The lowest BCUT2D eigenvalue weighted by atomic mass is 9.93. The SMILES string of the molecule is CCCCCC(=O)Cc1nc(C(C)(C)C)cs1. The van der Waals surface area contributed by atoms with Crippen molar-refractivity contribution in [2.45, 2.75) is 65.2 Å². The second-order valence-electron chi connectivity index (χ2n) is 5.55. The van der Waals surface area contributed by atoms with Crippen molar-refractivity contribution >= 4 is 17.1 Å². The molecule has 1 heterocycles. The van der Waals surface area contributed by atoms with Crippen LogP contribution in [-0.2, 0) is 16.6 Å². The largest absolute Gasteiger partial charge is 0.299 e. The van der Waals surface area contributed by atoms with Crippen molar-refractivity contribution in [2.24, 2.45) is 0 Å². The van der Waals surface area contributed by atoms with Gasteiger partial charge in [0.2, 0.25) is 0 Å². The maximum atomic E-state index is 11.7. The third-order valence-electron chi connectivity index (χ3n) is 2.73. The average Bonchev–Trinajstić information content (AvgIpc) is 2.66. The number of rotatable bonds is 6. The molecule has 0 aliphatic rings. The van der Waals surface area contributed by atoms with Crippen LogP contribution < -0.4 is 0 Å². The van der Waals surface area contributed by atoms with Crippen LogP contribution in [0.2, 0.25) is 0 Å². The van der Waals surface area contributed by atoms with Gasteiger partial charge in [0, 0.05) is 17.2 Å². The number of nitrogens with zero attached hydrogens (tertiary/aromatic N) is 1. The molecular formula is C14H23NOS. The smallest absolute Gasteiger partial charge is 0.139 e. The van der Waals surface area contributed by atoms with Gasteiger partial charge in [-0.2, -0.15) is 0 Å². The molecule has 2 nitrogen and oxygen atoms in total. The van der Waals surface area contributed by atoms with Crippen molar-refractivity contribution in [1.29, 1.82) is 0 Å². The lowest BCUT2D eigenvalue weighted by molar-refractivity contribution is -0.118. The minimum atomic E-state index is 0.0833. The molecule has 96 valence electrons. The fourth-order valence-electron chi connectivity index (χ4n) is 1.57. The molecule has 0 aliphatic carbocycles. The van der Waals surface area contributed by atoms with E-state index in [4.69, 9.17) is 0 Å². The normalized spacial score (nSPS) is 11.8. The number of hydrogen-bond acceptors (Lipinski definition) is 3. The van der Waals surface area contributed by atoms with Crippen LogP contribution in [0.25, 0.3) is 0 Å². The highest BCUT2D eigenvalue weighted by atomic mass is 32.1. The van der Waals surface area contributed by atoms with Crippen LogP contribution in [0.5, 0.6) is 0 Å². The Kier molecular flexibility index (Phi) is 5.31. The molecule has 1 aromatic heterocycles. The summed E-state index contributed by atoms with van der Waals surface area (Å²) < 4.78 is 0. The number of carbonyl (C=O) groups is 1. The van der Waals surface area contributed by atoms with Crippen molar-refractivity contribution < 1.29 is 4.79 Å². The van der Waals surface area contributed by atoms with E-state index >= 15 is 0 Å². The zero-order chi connectivity index (χ0) is 12.9. The van der Waals surface area contributed by atoms with Gasteiger partial charge in [-0.1, -0.05) is 40.5 Å². The Hall–Kier alpha value is -0.700. The Labute approximate surface area is 108 Å². The Morgan fingerprint density at radius 2 is 2.06 bits per heavy atom. The predicted molar refractivity (Wildman–Crippen MR) is 73.7 cm³/mol. The first-order chi connectivity index (χ1) is 7.93. The zero-order valence-electron chi connectivity index (χ0n) is 11.4. The van der Waals surface area contributed by atoms with Crippen LogP contribution >= 0.6 is 11.3 Å². The second kappa shape index (κ2) is 6.29. The van der Waals surface area contributed by atoms with Crippen LogP contribution in [0.3, 0.4) is 0 Å². The molecule has 0 N–H and O–H groups in total. The average molecular weight is 253 g/mol. The molecule has 0 aromatic carbocycles. The van der Waals surface area contributed by atoms with Crippen LogP contribution in [0, 0.1) is 0 Å². The van der Waals surface area contributed by atoms with Gasteiger partial charge >= 0.3 is 0 Å². The summed E-state index contributed by atoms with van der Waals surface area (Å²) in [5.74, 6) is 0.327. The summed E-state index contributed by atoms with van der Waals surface area (Å²) in [7, 11) is 0. The number of ketones is 1. The number of unbranched alkanes of at least 4 members (excludes halogenated alkanes) is 2.